The monoisotopic (exact) mass is 399 g/mol. The van der Waals surface area contributed by atoms with Crippen LogP contribution in [0.5, 0.6) is 0 Å². The summed E-state index contributed by atoms with van der Waals surface area (Å²) in [6, 6.07) is 18.1. The number of benzene rings is 3. The molecule has 0 unspecified atom stereocenters. The van der Waals surface area contributed by atoms with Gasteiger partial charge in [-0.15, -0.1) is 0 Å². The first kappa shape index (κ1) is 20.1. The molecule has 0 aromatic heterocycles. The molecule has 3 aromatic rings. The summed E-state index contributed by atoms with van der Waals surface area (Å²) in [4.78, 5) is 14.9. The Hall–Kier alpha value is -3.14. The Balaban J connectivity index is 1.54. The molecule has 4 nitrogen and oxygen atoms in total. The van der Waals surface area contributed by atoms with Crippen molar-refractivity contribution < 1.29 is 4.79 Å². The third kappa shape index (κ3) is 3.70. The third-order valence-electron chi connectivity index (χ3n) is 6.40. The number of nitrogens with zero attached hydrogens (tertiary/aromatic N) is 2. The van der Waals surface area contributed by atoms with Crippen molar-refractivity contribution in [3.8, 4) is 0 Å². The van der Waals surface area contributed by atoms with E-state index in [1.165, 1.54) is 11.3 Å². The molecule has 0 saturated heterocycles. The van der Waals surface area contributed by atoms with E-state index in [4.69, 9.17) is 0 Å². The quantitative estimate of drug-likeness (QED) is 0.458. The molecular formula is C26H29N3O. The number of nitrogens with one attached hydrogen (secondary N) is 1. The molecule has 1 amide bonds. The first-order valence-corrected chi connectivity index (χ1v) is 10.5. The molecule has 1 atom stereocenters. The maximum Gasteiger partial charge on any atom is 0.271 e. The predicted octanol–water partition coefficient (Wildman–Crippen LogP) is 5.63. The van der Waals surface area contributed by atoms with E-state index in [9.17, 15) is 4.79 Å². The number of aryl methyl sites for hydroxylation is 1. The summed E-state index contributed by atoms with van der Waals surface area (Å²) in [6.45, 7) is 8.96. The summed E-state index contributed by atoms with van der Waals surface area (Å²) in [5, 5.41) is 6.40. The van der Waals surface area contributed by atoms with Gasteiger partial charge in [0.25, 0.3) is 5.91 Å². The summed E-state index contributed by atoms with van der Waals surface area (Å²) in [5.41, 5.74) is 8.22. The van der Waals surface area contributed by atoms with Gasteiger partial charge >= 0.3 is 0 Å². The number of hydrogen-bond donors (Lipinski definition) is 1. The summed E-state index contributed by atoms with van der Waals surface area (Å²) < 4.78 is 0. The maximum atomic E-state index is 12.5. The van der Waals surface area contributed by atoms with Crippen LogP contribution in [0.4, 0.5) is 5.69 Å². The van der Waals surface area contributed by atoms with Crippen molar-refractivity contribution in [1.82, 2.24) is 5.43 Å². The van der Waals surface area contributed by atoms with Crippen LogP contribution in [0.25, 0.3) is 10.8 Å². The van der Waals surface area contributed by atoms with Crippen LogP contribution in [0.2, 0.25) is 0 Å². The second-order valence-corrected chi connectivity index (χ2v) is 9.01. The van der Waals surface area contributed by atoms with Gasteiger partial charge in [-0.1, -0.05) is 37.3 Å². The molecule has 1 aliphatic rings. The van der Waals surface area contributed by atoms with Gasteiger partial charge in [0.1, 0.15) is 0 Å². The first-order valence-electron chi connectivity index (χ1n) is 10.5. The lowest BCUT2D eigenvalue weighted by Gasteiger charge is -2.45. The summed E-state index contributed by atoms with van der Waals surface area (Å²) >= 11 is 0. The average molecular weight is 400 g/mol. The number of rotatable bonds is 3. The number of carbonyl (C=O) groups is 1. The maximum absolute atomic E-state index is 12.5. The zero-order chi connectivity index (χ0) is 21.5. The van der Waals surface area contributed by atoms with E-state index < -0.39 is 0 Å². The molecule has 3 aromatic carbocycles. The number of anilines is 1. The molecular weight excluding hydrogens is 370 g/mol. The van der Waals surface area contributed by atoms with E-state index in [0.29, 0.717) is 11.5 Å². The van der Waals surface area contributed by atoms with Crippen LogP contribution in [-0.4, -0.2) is 24.7 Å². The molecule has 0 saturated carbocycles. The van der Waals surface area contributed by atoms with Crippen LogP contribution in [0, 0.1) is 6.92 Å². The highest BCUT2D eigenvalue weighted by Gasteiger charge is 2.34. The summed E-state index contributed by atoms with van der Waals surface area (Å²) in [6.07, 6.45) is 2.86. The molecule has 4 heteroatoms. The highest BCUT2D eigenvalue weighted by Crippen LogP contribution is 2.43. The van der Waals surface area contributed by atoms with Crippen molar-refractivity contribution in [3.05, 3.63) is 76.9 Å². The zero-order valence-electron chi connectivity index (χ0n) is 18.4. The molecule has 1 N–H and O–H groups in total. The van der Waals surface area contributed by atoms with Crippen molar-refractivity contribution in [3.63, 3.8) is 0 Å². The van der Waals surface area contributed by atoms with Crippen LogP contribution in [-0.2, 0) is 0 Å². The van der Waals surface area contributed by atoms with Crippen LogP contribution >= 0.6 is 0 Å². The minimum Gasteiger partial charge on any atom is -0.369 e. The van der Waals surface area contributed by atoms with E-state index >= 15 is 0 Å². The van der Waals surface area contributed by atoms with E-state index in [1.54, 1.807) is 6.21 Å². The van der Waals surface area contributed by atoms with Crippen molar-refractivity contribution in [2.24, 2.45) is 5.10 Å². The fourth-order valence-electron chi connectivity index (χ4n) is 4.43. The molecule has 0 fully saturated rings. The Bertz CT molecular complexity index is 1150. The van der Waals surface area contributed by atoms with Gasteiger partial charge < -0.3 is 4.90 Å². The van der Waals surface area contributed by atoms with E-state index in [2.05, 4.69) is 62.3 Å². The number of hydrazone groups is 1. The van der Waals surface area contributed by atoms with E-state index in [-0.39, 0.29) is 11.4 Å². The molecule has 4 rings (SSSR count). The number of fused-ring (bicyclic) bond motifs is 2. The van der Waals surface area contributed by atoms with Crippen molar-refractivity contribution in [2.45, 2.75) is 45.6 Å². The van der Waals surface area contributed by atoms with Gasteiger partial charge in [-0.2, -0.15) is 5.10 Å². The Morgan fingerprint density at radius 1 is 1.13 bits per heavy atom. The van der Waals surface area contributed by atoms with Crippen molar-refractivity contribution in [2.75, 3.05) is 11.9 Å². The van der Waals surface area contributed by atoms with Crippen LogP contribution in [0.15, 0.2) is 59.7 Å². The summed E-state index contributed by atoms with van der Waals surface area (Å²) in [7, 11) is 2.17. The number of amides is 1. The molecule has 1 aliphatic heterocycles. The molecule has 154 valence electrons. The highest BCUT2D eigenvalue weighted by atomic mass is 16.2. The van der Waals surface area contributed by atoms with Gasteiger partial charge in [0.15, 0.2) is 0 Å². The van der Waals surface area contributed by atoms with E-state index in [0.717, 1.165) is 28.3 Å². The fraction of sp³-hybridized carbons (Fsp3) is 0.308. The molecule has 0 aliphatic carbocycles. The fourth-order valence-corrected chi connectivity index (χ4v) is 4.43. The lowest BCUT2D eigenvalue weighted by Crippen LogP contribution is -2.45. The Kier molecular flexibility index (Phi) is 5.10. The second kappa shape index (κ2) is 7.60. The first-order chi connectivity index (χ1) is 14.3. The Labute approximate surface area is 178 Å². The second-order valence-electron chi connectivity index (χ2n) is 9.01. The van der Waals surface area contributed by atoms with Crippen LogP contribution in [0.1, 0.15) is 60.2 Å². The van der Waals surface area contributed by atoms with Gasteiger partial charge in [0, 0.05) is 23.8 Å². The zero-order valence-corrected chi connectivity index (χ0v) is 18.4. The Morgan fingerprint density at radius 3 is 2.63 bits per heavy atom. The van der Waals surface area contributed by atoms with Crippen LogP contribution < -0.4 is 10.3 Å². The van der Waals surface area contributed by atoms with Gasteiger partial charge in [-0.25, -0.2) is 5.43 Å². The lowest BCUT2D eigenvalue weighted by molar-refractivity contribution is 0.0955. The SMILES string of the molecule is Cc1cc2c(cc1/C=N\NC(=O)c1ccc3ccccc3c1)[C@H](C)CC(C)(C)N2C. The molecule has 0 radical (unpaired) electrons. The molecule has 1 heterocycles. The standard InChI is InChI=1S/C26H29N3O/c1-17-12-24-23(18(2)15-26(3,4)29(24)5)14-22(17)16-27-28-25(30)21-11-10-19-8-6-7-9-20(19)13-21/h6-14,16,18H,15H2,1-5H3,(H,28,30)/b27-16-/t18-/m1/s1. The lowest BCUT2D eigenvalue weighted by atomic mass is 9.79. The summed E-state index contributed by atoms with van der Waals surface area (Å²) in [5.74, 6) is 0.272. The predicted molar refractivity (Wildman–Crippen MR) is 126 cm³/mol. The van der Waals surface area contributed by atoms with Gasteiger partial charge in [-0.05, 0) is 84.8 Å². The van der Waals surface area contributed by atoms with Gasteiger partial charge in [0.2, 0.25) is 0 Å². The smallest absolute Gasteiger partial charge is 0.271 e. The van der Waals surface area contributed by atoms with E-state index in [1.807, 2.05) is 42.5 Å². The molecule has 30 heavy (non-hydrogen) atoms. The normalized spacial score (nSPS) is 17.9. The average Bonchev–Trinajstić information content (AvgIpc) is 2.72. The topological polar surface area (TPSA) is 44.7 Å². The molecule has 0 bridgehead atoms. The van der Waals surface area contributed by atoms with Gasteiger partial charge in [0.05, 0.1) is 6.21 Å². The van der Waals surface area contributed by atoms with Crippen molar-refractivity contribution in [1.29, 1.82) is 0 Å². The largest absolute Gasteiger partial charge is 0.369 e. The minimum atomic E-state index is -0.206. The van der Waals surface area contributed by atoms with Gasteiger partial charge in [-0.3, -0.25) is 4.79 Å². The number of carbonyl (C=O) groups excluding carboxylic acids is 1. The third-order valence-corrected chi connectivity index (χ3v) is 6.40. The van der Waals surface area contributed by atoms with Crippen LogP contribution in [0.3, 0.4) is 0 Å². The minimum absolute atomic E-state index is 0.141. The van der Waals surface area contributed by atoms with Crippen molar-refractivity contribution >= 4 is 28.6 Å². The number of hydrogen-bond acceptors (Lipinski definition) is 3. The highest BCUT2D eigenvalue weighted by molar-refractivity contribution is 5.99. The molecule has 0 spiro atoms. The Morgan fingerprint density at radius 2 is 1.87 bits per heavy atom.